The number of amides is 2. The third kappa shape index (κ3) is 6.56. The van der Waals surface area contributed by atoms with Crippen molar-refractivity contribution >= 4 is 33.5 Å². The molecule has 0 spiro atoms. The molecule has 2 aromatic carbocycles. The Morgan fingerprint density at radius 1 is 1.04 bits per heavy atom. The van der Waals surface area contributed by atoms with Crippen LogP contribution in [0.4, 0.5) is 35.1 Å². The molecule has 0 saturated carbocycles. The first kappa shape index (κ1) is 36.6. The molecular formula is C35H26F8N8O2S. The van der Waals surface area contributed by atoms with Gasteiger partial charge in [-0.3, -0.25) is 19.4 Å². The molecule has 0 radical (unpaired) electrons. The first-order valence-corrected chi connectivity index (χ1v) is 16.9. The van der Waals surface area contributed by atoms with Crippen molar-refractivity contribution in [3.8, 4) is 21.7 Å². The van der Waals surface area contributed by atoms with E-state index in [-0.39, 0.29) is 28.0 Å². The Morgan fingerprint density at radius 2 is 1.76 bits per heavy atom. The lowest BCUT2D eigenvalue weighted by atomic mass is 9.94. The number of primary amides is 1. The molecule has 280 valence electrons. The Balaban J connectivity index is 1.37. The fourth-order valence-electron chi connectivity index (χ4n) is 6.67. The van der Waals surface area contributed by atoms with Gasteiger partial charge in [0.05, 0.1) is 28.2 Å². The molecule has 7 rings (SSSR count). The van der Waals surface area contributed by atoms with E-state index in [2.05, 4.69) is 30.6 Å². The van der Waals surface area contributed by atoms with Gasteiger partial charge in [-0.1, -0.05) is 19.9 Å². The van der Waals surface area contributed by atoms with Gasteiger partial charge in [-0.25, -0.2) is 23.1 Å². The molecule has 19 heteroatoms. The van der Waals surface area contributed by atoms with Crippen molar-refractivity contribution in [1.29, 1.82) is 0 Å². The number of H-pyrrole nitrogens is 1. The molecule has 0 saturated heterocycles. The van der Waals surface area contributed by atoms with Crippen molar-refractivity contribution in [3.63, 3.8) is 0 Å². The quantitative estimate of drug-likeness (QED) is 0.131. The van der Waals surface area contributed by atoms with Gasteiger partial charge in [0.25, 0.3) is 11.8 Å². The van der Waals surface area contributed by atoms with Gasteiger partial charge in [-0.05, 0) is 53.8 Å². The minimum absolute atomic E-state index is 0.00605. The van der Waals surface area contributed by atoms with Crippen LogP contribution in [-0.2, 0) is 29.9 Å². The standard InChI is InChI=1S/C35H26F8N8O2S/c1-14-15(2)34(39,40)30-27(14)29(35(41,42)43)50-51(30)13-26(52)47-24(7-16-5-19(36)9-20(37)6-16)28-21(17-3-4-23(38)22(8-17)31(44)53)10-25-32(48-28)49-33(54-25)18-11-45-46-12-18/h3-6,8-12,14-15,24H,7,13H2,1-2H3,(H2,44,53)(H,45,46)(H,47,52)/t14-,15+,24-/m0/s1. The number of halogens is 8. The number of aromatic amines is 1. The highest BCUT2D eigenvalue weighted by Crippen LogP contribution is 2.55. The summed E-state index contributed by atoms with van der Waals surface area (Å²) >= 11 is 1.18. The van der Waals surface area contributed by atoms with E-state index in [0.717, 1.165) is 31.2 Å². The van der Waals surface area contributed by atoms with E-state index in [1.165, 1.54) is 30.5 Å². The highest BCUT2D eigenvalue weighted by Gasteiger charge is 2.57. The summed E-state index contributed by atoms with van der Waals surface area (Å²) in [5, 5.41) is 13.0. The third-order valence-corrected chi connectivity index (χ3v) is 10.4. The van der Waals surface area contributed by atoms with Crippen LogP contribution in [0.2, 0.25) is 0 Å². The third-order valence-electron chi connectivity index (χ3n) is 9.37. The highest BCUT2D eigenvalue weighted by atomic mass is 32.1. The minimum Gasteiger partial charge on any atom is -0.366 e. The second-order valence-electron chi connectivity index (χ2n) is 12.9. The van der Waals surface area contributed by atoms with Gasteiger partial charge >= 0.3 is 6.18 Å². The van der Waals surface area contributed by atoms with Gasteiger partial charge in [0.1, 0.15) is 34.7 Å². The summed E-state index contributed by atoms with van der Waals surface area (Å²) in [6.07, 6.45) is -2.44. The average molecular weight is 775 g/mol. The van der Waals surface area contributed by atoms with E-state index in [1.54, 1.807) is 12.3 Å². The second kappa shape index (κ2) is 13.3. The van der Waals surface area contributed by atoms with Gasteiger partial charge < -0.3 is 11.1 Å². The van der Waals surface area contributed by atoms with Crippen LogP contribution < -0.4 is 11.1 Å². The summed E-state index contributed by atoms with van der Waals surface area (Å²) in [7, 11) is 0. The van der Waals surface area contributed by atoms with E-state index in [9.17, 15) is 35.9 Å². The molecular weight excluding hydrogens is 748 g/mol. The lowest BCUT2D eigenvalue weighted by Gasteiger charge is -2.23. The minimum atomic E-state index is -5.11. The second-order valence-corrected chi connectivity index (χ2v) is 13.9. The molecule has 2 amide bonds. The number of nitrogens with two attached hydrogens (primary N) is 1. The molecule has 0 aliphatic heterocycles. The number of nitrogens with one attached hydrogen (secondary N) is 2. The number of pyridine rings is 1. The maximum Gasteiger partial charge on any atom is 0.435 e. The van der Waals surface area contributed by atoms with Crippen LogP contribution in [-0.4, -0.2) is 41.8 Å². The normalized spacial score (nSPS) is 17.1. The SMILES string of the molecule is C[C@@H]1c2c(C(F)(F)F)nn(CC(=O)N[C@@H](Cc3cc(F)cc(F)c3)c3nc4nc(-c5cn[nH]c5)sc4cc3-c3ccc(F)c(C(N)=O)c3)c2C(F)(F)[C@@H]1C. The van der Waals surface area contributed by atoms with Crippen LogP contribution in [0.15, 0.2) is 54.9 Å². The molecule has 54 heavy (non-hydrogen) atoms. The van der Waals surface area contributed by atoms with Crippen molar-refractivity contribution < 1.29 is 44.7 Å². The number of hydrogen-bond acceptors (Lipinski definition) is 7. The van der Waals surface area contributed by atoms with Crippen LogP contribution >= 0.6 is 11.3 Å². The summed E-state index contributed by atoms with van der Waals surface area (Å²) in [5.41, 5.74) is 2.61. The number of fused-ring (bicyclic) bond motifs is 2. The smallest absolute Gasteiger partial charge is 0.366 e. The number of alkyl halides is 5. The molecule has 0 unspecified atom stereocenters. The van der Waals surface area contributed by atoms with Crippen LogP contribution in [0, 0.1) is 23.4 Å². The van der Waals surface area contributed by atoms with E-state index >= 15 is 8.78 Å². The molecule has 1 aliphatic carbocycles. The summed E-state index contributed by atoms with van der Waals surface area (Å²) in [4.78, 5) is 35.1. The number of aromatic nitrogens is 6. The molecule has 6 aromatic rings. The summed E-state index contributed by atoms with van der Waals surface area (Å²) in [6.45, 7) is 1.21. The molecule has 4 aromatic heterocycles. The number of rotatable bonds is 9. The predicted molar refractivity (Wildman–Crippen MR) is 179 cm³/mol. The highest BCUT2D eigenvalue weighted by molar-refractivity contribution is 7.21. The van der Waals surface area contributed by atoms with Gasteiger partial charge in [0.15, 0.2) is 11.3 Å². The number of carbonyl (C=O) groups excluding carboxylic acids is 2. The number of nitrogens with zero attached hydrogens (tertiary/aromatic N) is 5. The van der Waals surface area contributed by atoms with Gasteiger partial charge in [-0.2, -0.15) is 32.1 Å². The zero-order chi connectivity index (χ0) is 38.9. The average Bonchev–Trinajstić information content (AvgIpc) is 3.87. The maximum absolute atomic E-state index is 15.5. The summed E-state index contributed by atoms with van der Waals surface area (Å²) in [5.74, 6) is -11.6. The van der Waals surface area contributed by atoms with Crippen molar-refractivity contribution in [1.82, 2.24) is 35.3 Å². The van der Waals surface area contributed by atoms with Crippen LogP contribution in [0.1, 0.15) is 64.4 Å². The van der Waals surface area contributed by atoms with Crippen LogP contribution in [0.25, 0.3) is 32.0 Å². The Kier molecular flexibility index (Phi) is 9.02. The summed E-state index contributed by atoms with van der Waals surface area (Å²) in [6, 6.07) is 6.15. The number of hydrogen-bond donors (Lipinski definition) is 3. The van der Waals surface area contributed by atoms with Crippen molar-refractivity contribution in [2.75, 3.05) is 0 Å². The molecule has 10 nitrogen and oxygen atoms in total. The van der Waals surface area contributed by atoms with Gasteiger partial charge in [0, 0.05) is 34.9 Å². The van der Waals surface area contributed by atoms with E-state index in [4.69, 9.17) is 5.73 Å². The fourth-order valence-corrected chi connectivity index (χ4v) is 7.60. The molecule has 4 N–H and O–H groups in total. The molecule has 0 fully saturated rings. The Hall–Kier alpha value is -5.72. The Bertz CT molecular complexity index is 2420. The molecule has 3 atom stereocenters. The molecule has 1 aliphatic rings. The summed E-state index contributed by atoms with van der Waals surface area (Å²) < 4.78 is 117. The Labute approximate surface area is 303 Å². The van der Waals surface area contributed by atoms with Crippen molar-refractivity contribution in [2.24, 2.45) is 11.7 Å². The number of carbonyl (C=O) groups is 2. The zero-order valence-electron chi connectivity index (χ0n) is 27.9. The maximum atomic E-state index is 15.5. The molecule has 0 bridgehead atoms. The van der Waals surface area contributed by atoms with Crippen molar-refractivity contribution in [3.05, 3.63) is 106 Å². The fraction of sp³-hybridized carbons (Fsp3) is 0.257. The van der Waals surface area contributed by atoms with Gasteiger partial charge in [-0.15, -0.1) is 11.3 Å². The first-order chi connectivity index (χ1) is 25.4. The topological polar surface area (TPSA) is 144 Å². The van der Waals surface area contributed by atoms with Gasteiger partial charge in [0.2, 0.25) is 5.91 Å². The lowest BCUT2D eigenvalue weighted by molar-refractivity contribution is -0.143. The monoisotopic (exact) mass is 774 g/mol. The Morgan fingerprint density at radius 3 is 2.41 bits per heavy atom. The predicted octanol–water partition coefficient (Wildman–Crippen LogP) is 7.43. The number of thiazole rings is 1. The number of benzene rings is 2. The van der Waals surface area contributed by atoms with E-state index < -0.39 is 94.7 Å². The lowest BCUT2D eigenvalue weighted by Crippen LogP contribution is -2.35. The first-order valence-electron chi connectivity index (χ1n) is 16.1. The van der Waals surface area contributed by atoms with E-state index in [0.29, 0.717) is 26.0 Å². The van der Waals surface area contributed by atoms with Crippen LogP contribution in [0.5, 0.6) is 0 Å². The van der Waals surface area contributed by atoms with Crippen LogP contribution in [0.3, 0.4) is 0 Å². The van der Waals surface area contributed by atoms with E-state index in [1.807, 2.05) is 0 Å². The molecule has 4 heterocycles. The van der Waals surface area contributed by atoms with Crippen molar-refractivity contribution in [2.45, 2.75) is 50.9 Å². The largest absolute Gasteiger partial charge is 0.435 e. The zero-order valence-corrected chi connectivity index (χ0v) is 28.7.